The van der Waals surface area contributed by atoms with E-state index >= 15 is 0 Å². The van der Waals surface area contributed by atoms with Gasteiger partial charge in [0.25, 0.3) is 0 Å². The summed E-state index contributed by atoms with van der Waals surface area (Å²) < 4.78 is 61.6. The first-order valence-electron chi connectivity index (χ1n) is 9.96. The van der Waals surface area contributed by atoms with Gasteiger partial charge < -0.3 is 5.32 Å². The summed E-state index contributed by atoms with van der Waals surface area (Å²) in [5.41, 5.74) is 0.536. The Balaban J connectivity index is 1.68. The van der Waals surface area contributed by atoms with E-state index in [0.29, 0.717) is 15.6 Å². The lowest BCUT2D eigenvalue weighted by atomic mass is 10.0. The van der Waals surface area contributed by atoms with Crippen LogP contribution in [0.15, 0.2) is 36.4 Å². The van der Waals surface area contributed by atoms with Gasteiger partial charge in [-0.15, -0.1) is 23.2 Å². The molecule has 0 spiro atoms. The van der Waals surface area contributed by atoms with Gasteiger partial charge in [-0.1, -0.05) is 34.8 Å². The first-order chi connectivity index (χ1) is 16.0. The molecule has 3 nitrogen and oxygen atoms in total. The molecule has 1 amide bonds. The van der Waals surface area contributed by atoms with Crippen molar-refractivity contribution >= 4 is 75.4 Å². The Labute approximate surface area is 221 Å². The zero-order chi connectivity index (χ0) is 26.3. The summed E-state index contributed by atoms with van der Waals surface area (Å²) in [7, 11) is 0. The number of hydrogen-bond donors (Lipinski definition) is 1. The quantitative estimate of drug-likeness (QED) is 0.188. The molecule has 1 N–H and O–H groups in total. The highest BCUT2D eigenvalue weighted by Crippen LogP contribution is 2.65. The van der Waals surface area contributed by atoms with Crippen molar-refractivity contribution in [3.8, 4) is 0 Å². The summed E-state index contributed by atoms with van der Waals surface area (Å²) in [5.74, 6) is -7.76. The molecule has 0 heterocycles. The average molecular weight is 598 g/mol. The number of alkyl halides is 7. The first kappa shape index (κ1) is 28.3. The minimum absolute atomic E-state index is 0.0579. The number of benzene rings is 2. The predicted molar refractivity (Wildman–Crippen MR) is 126 cm³/mol. The lowest BCUT2D eigenvalue weighted by Gasteiger charge is -2.19. The zero-order valence-electron chi connectivity index (χ0n) is 17.3. The van der Waals surface area contributed by atoms with Crippen molar-refractivity contribution in [2.45, 2.75) is 41.6 Å². The molecule has 1 saturated carbocycles. The van der Waals surface area contributed by atoms with Gasteiger partial charge in [-0.25, -0.2) is 0 Å². The van der Waals surface area contributed by atoms with Gasteiger partial charge in [0.1, 0.15) is 4.33 Å². The van der Waals surface area contributed by atoms with Crippen molar-refractivity contribution in [1.82, 2.24) is 0 Å². The van der Waals surface area contributed by atoms with Crippen molar-refractivity contribution < 1.29 is 31.5 Å². The topological polar surface area (TPSA) is 46.2 Å². The highest BCUT2D eigenvalue weighted by molar-refractivity contribution is 6.53. The number of amides is 1. The van der Waals surface area contributed by atoms with Crippen LogP contribution in [0.1, 0.15) is 41.1 Å². The van der Waals surface area contributed by atoms with Crippen LogP contribution in [-0.4, -0.2) is 28.1 Å². The highest BCUT2D eigenvalue weighted by Gasteiger charge is 2.67. The molecule has 190 valence electrons. The molecule has 35 heavy (non-hydrogen) atoms. The maximum Gasteiger partial charge on any atom is 0.453 e. The van der Waals surface area contributed by atoms with Crippen LogP contribution in [0.25, 0.3) is 0 Å². The van der Waals surface area contributed by atoms with Crippen LogP contribution in [0, 0.1) is 5.92 Å². The Hall–Kier alpha value is -1.32. The van der Waals surface area contributed by atoms with Crippen LogP contribution in [0.2, 0.25) is 15.1 Å². The first-order valence-corrected chi connectivity index (χ1v) is 11.9. The minimum atomic E-state index is -5.70. The molecule has 2 aromatic carbocycles. The number of carbonyl (C=O) groups is 2. The van der Waals surface area contributed by atoms with Crippen LogP contribution in [0.5, 0.6) is 0 Å². The van der Waals surface area contributed by atoms with E-state index in [1.807, 2.05) is 0 Å². The maximum atomic E-state index is 13.1. The fourth-order valence-corrected chi connectivity index (χ4v) is 5.20. The van der Waals surface area contributed by atoms with Crippen LogP contribution >= 0.6 is 58.0 Å². The third kappa shape index (κ3) is 6.34. The number of rotatable bonds is 8. The van der Waals surface area contributed by atoms with Gasteiger partial charge in [0, 0.05) is 40.1 Å². The van der Waals surface area contributed by atoms with Gasteiger partial charge in [0.05, 0.1) is 10.9 Å². The fourth-order valence-electron chi connectivity index (χ4n) is 3.61. The molecule has 2 atom stereocenters. The van der Waals surface area contributed by atoms with Crippen LogP contribution in [0.3, 0.4) is 0 Å². The van der Waals surface area contributed by atoms with Crippen LogP contribution in [-0.2, 0) is 4.79 Å². The van der Waals surface area contributed by atoms with Crippen molar-refractivity contribution in [2.24, 2.45) is 5.92 Å². The standard InChI is InChI=1S/C22H15Cl5F5NO2/c23-11-6-10(7-12(24)8-11)17-18(21(17,26)27)19(35)33-13-3-4-15(25)14(9-13)16(34)2-1-5-20(28,29)22(30,31)32/h3-4,6-9,17-18H,1-2,5H2,(H,33,35). The molecule has 0 aromatic heterocycles. The van der Waals surface area contributed by atoms with E-state index < -0.39 is 59.2 Å². The number of halogens is 10. The van der Waals surface area contributed by atoms with Crippen molar-refractivity contribution in [3.63, 3.8) is 0 Å². The van der Waals surface area contributed by atoms with E-state index in [1.165, 1.54) is 24.3 Å². The van der Waals surface area contributed by atoms with E-state index in [2.05, 4.69) is 5.32 Å². The Morgan fingerprint density at radius 3 is 2.11 bits per heavy atom. The molecule has 2 aromatic rings. The maximum absolute atomic E-state index is 13.1. The Kier molecular flexibility index (Phi) is 8.24. The monoisotopic (exact) mass is 595 g/mol. The summed E-state index contributed by atoms with van der Waals surface area (Å²) in [6.45, 7) is 0. The smallest absolute Gasteiger partial charge is 0.326 e. The second-order valence-corrected chi connectivity index (χ2v) is 10.7. The average Bonchev–Trinajstić information content (AvgIpc) is 3.29. The molecule has 0 radical (unpaired) electrons. The summed E-state index contributed by atoms with van der Waals surface area (Å²) in [4.78, 5) is 25.2. The largest absolute Gasteiger partial charge is 0.453 e. The normalized spacial score (nSPS) is 19.4. The van der Waals surface area contributed by atoms with Gasteiger partial charge in [-0.3, -0.25) is 9.59 Å². The van der Waals surface area contributed by atoms with E-state index in [4.69, 9.17) is 58.0 Å². The van der Waals surface area contributed by atoms with Gasteiger partial charge in [0.2, 0.25) is 5.91 Å². The summed E-state index contributed by atoms with van der Waals surface area (Å²) >= 11 is 30.6. The lowest BCUT2D eigenvalue weighted by molar-refractivity contribution is -0.284. The molecule has 1 aliphatic carbocycles. The van der Waals surface area contributed by atoms with E-state index in [-0.39, 0.29) is 16.3 Å². The molecular weight excluding hydrogens is 583 g/mol. The summed E-state index contributed by atoms with van der Waals surface area (Å²) in [6, 6.07) is 8.52. The van der Waals surface area contributed by atoms with E-state index in [0.717, 1.165) is 0 Å². The Bertz CT molecular complexity index is 1140. The van der Waals surface area contributed by atoms with E-state index in [1.54, 1.807) is 12.1 Å². The molecule has 13 heteroatoms. The van der Waals surface area contributed by atoms with Crippen LogP contribution < -0.4 is 5.32 Å². The highest BCUT2D eigenvalue weighted by atomic mass is 35.5. The SMILES string of the molecule is O=C(CCCC(F)(F)C(F)(F)F)c1cc(NC(=O)C2C(c3cc(Cl)cc(Cl)c3)C2(Cl)Cl)ccc1Cl. The zero-order valence-corrected chi connectivity index (χ0v) is 21.1. The number of carbonyl (C=O) groups excluding carboxylic acids is 2. The second kappa shape index (κ2) is 10.2. The predicted octanol–water partition coefficient (Wildman–Crippen LogP) is 8.72. The van der Waals surface area contributed by atoms with Crippen LogP contribution in [0.4, 0.5) is 27.6 Å². The lowest BCUT2D eigenvalue weighted by Crippen LogP contribution is -2.36. The second-order valence-electron chi connectivity index (χ2n) is 8.00. The number of hydrogen-bond acceptors (Lipinski definition) is 2. The van der Waals surface area contributed by atoms with Gasteiger partial charge in [-0.05, 0) is 48.4 Å². The Morgan fingerprint density at radius 2 is 1.54 bits per heavy atom. The summed E-state index contributed by atoms with van der Waals surface area (Å²) in [5, 5.41) is 3.16. The van der Waals surface area contributed by atoms with E-state index in [9.17, 15) is 31.5 Å². The molecule has 0 bridgehead atoms. The minimum Gasteiger partial charge on any atom is -0.326 e. The van der Waals surface area contributed by atoms with Gasteiger partial charge in [-0.2, -0.15) is 22.0 Å². The molecular formula is C22H15Cl5F5NO2. The molecule has 1 aliphatic rings. The Morgan fingerprint density at radius 1 is 0.943 bits per heavy atom. The molecule has 2 unspecified atom stereocenters. The van der Waals surface area contributed by atoms with Gasteiger partial charge >= 0.3 is 12.1 Å². The molecule has 0 saturated heterocycles. The molecule has 0 aliphatic heterocycles. The third-order valence-electron chi connectivity index (χ3n) is 5.42. The number of nitrogens with one attached hydrogen (secondary N) is 1. The number of ketones is 1. The number of anilines is 1. The van der Waals surface area contributed by atoms with Gasteiger partial charge in [0.15, 0.2) is 5.78 Å². The fraction of sp³-hybridized carbons (Fsp3) is 0.364. The van der Waals surface area contributed by atoms with Crippen molar-refractivity contribution in [3.05, 3.63) is 62.6 Å². The van der Waals surface area contributed by atoms with Crippen molar-refractivity contribution in [2.75, 3.05) is 5.32 Å². The molecule has 3 rings (SSSR count). The number of Topliss-reactive ketones (excluding diaryl/α,β-unsaturated/α-hetero) is 1. The summed E-state index contributed by atoms with van der Waals surface area (Å²) in [6.07, 6.45) is -8.56. The van der Waals surface area contributed by atoms with Crippen molar-refractivity contribution in [1.29, 1.82) is 0 Å². The third-order valence-corrected chi connectivity index (χ3v) is 7.13. The molecule has 1 fully saturated rings.